The molecule has 2 atom stereocenters. The van der Waals surface area contributed by atoms with Crippen molar-refractivity contribution in [2.45, 2.75) is 58.0 Å². The third kappa shape index (κ3) is 4.37. The molecule has 1 aliphatic heterocycles. The lowest BCUT2D eigenvalue weighted by atomic mass is 9.82. The first-order chi connectivity index (χ1) is 9.22. The maximum atomic E-state index is 3.88. The van der Waals surface area contributed by atoms with Gasteiger partial charge >= 0.3 is 0 Å². The minimum Gasteiger partial charge on any atom is -0.311 e. The van der Waals surface area contributed by atoms with Crippen molar-refractivity contribution in [1.29, 1.82) is 0 Å². The van der Waals surface area contributed by atoms with E-state index in [0.29, 0.717) is 0 Å². The predicted octanol–water partition coefficient (Wildman–Crippen LogP) is 3.23. The molecule has 0 aromatic carbocycles. The first-order valence-corrected chi connectivity index (χ1v) is 9.58. The molecule has 0 amide bonds. The maximum Gasteiger partial charge on any atom is 0.0244 e. The van der Waals surface area contributed by atoms with Crippen molar-refractivity contribution in [3.63, 3.8) is 0 Å². The van der Waals surface area contributed by atoms with Crippen LogP contribution in [0.5, 0.6) is 0 Å². The van der Waals surface area contributed by atoms with Crippen molar-refractivity contribution in [2.75, 3.05) is 31.6 Å². The fourth-order valence-electron chi connectivity index (χ4n) is 3.83. The topological polar surface area (TPSA) is 15.3 Å². The molecule has 0 aromatic heterocycles. The molecule has 3 heteroatoms. The van der Waals surface area contributed by atoms with Crippen molar-refractivity contribution in [3.05, 3.63) is 0 Å². The molecular weight excluding hydrogens is 252 g/mol. The fraction of sp³-hybridized carbons (Fsp3) is 1.00. The Labute approximate surface area is 124 Å². The summed E-state index contributed by atoms with van der Waals surface area (Å²) in [6, 6.07) is 1.50. The second-order valence-corrected chi connectivity index (χ2v) is 7.70. The lowest BCUT2D eigenvalue weighted by Gasteiger charge is -2.45. The molecule has 112 valence electrons. The number of nitrogens with one attached hydrogen (secondary N) is 1. The van der Waals surface area contributed by atoms with Gasteiger partial charge in [-0.3, -0.25) is 4.90 Å². The minimum atomic E-state index is 0.743. The molecule has 19 heavy (non-hydrogen) atoms. The largest absolute Gasteiger partial charge is 0.311 e. The number of piperazine rings is 1. The molecule has 1 saturated heterocycles. The molecule has 1 saturated carbocycles. The second-order valence-electron chi connectivity index (χ2n) is 6.71. The monoisotopic (exact) mass is 284 g/mol. The summed E-state index contributed by atoms with van der Waals surface area (Å²) < 4.78 is 0. The quantitative estimate of drug-likeness (QED) is 0.834. The highest BCUT2D eigenvalue weighted by Gasteiger charge is 2.33. The van der Waals surface area contributed by atoms with E-state index >= 15 is 0 Å². The summed E-state index contributed by atoms with van der Waals surface area (Å²) >= 11 is 1.98. The summed E-state index contributed by atoms with van der Waals surface area (Å²) in [7, 11) is 0. The van der Waals surface area contributed by atoms with Gasteiger partial charge in [0.25, 0.3) is 0 Å². The third-order valence-corrected chi connectivity index (χ3v) is 5.65. The summed E-state index contributed by atoms with van der Waals surface area (Å²) in [4.78, 5) is 2.77. The molecule has 2 aliphatic rings. The number of nitrogens with zero attached hydrogens (tertiary/aromatic N) is 1. The van der Waals surface area contributed by atoms with E-state index in [-0.39, 0.29) is 0 Å². The molecule has 0 radical (unpaired) electrons. The van der Waals surface area contributed by atoms with Gasteiger partial charge in [-0.1, -0.05) is 33.1 Å². The van der Waals surface area contributed by atoms with Crippen LogP contribution < -0.4 is 5.32 Å². The Balaban J connectivity index is 1.90. The maximum absolute atomic E-state index is 3.88. The standard InChI is InChI=1S/C16H32N2S/c1-13(2)16-11-17-15(12-18(16)9-10-19-3)14-7-5-4-6-8-14/h13-17H,4-12H2,1-3H3. The van der Waals surface area contributed by atoms with Crippen LogP contribution in [0.25, 0.3) is 0 Å². The van der Waals surface area contributed by atoms with Crippen LogP contribution in [-0.2, 0) is 0 Å². The zero-order chi connectivity index (χ0) is 13.7. The SMILES string of the molecule is CSCCN1CC(C2CCCCC2)NCC1C(C)C. The lowest BCUT2D eigenvalue weighted by molar-refractivity contribution is 0.0779. The number of thioether (sulfide) groups is 1. The molecule has 2 unspecified atom stereocenters. The molecule has 1 aliphatic carbocycles. The molecule has 0 aromatic rings. The van der Waals surface area contributed by atoms with Gasteiger partial charge < -0.3 is 5.32 Å². The molecule has 0 bridgehead atoms. The molecule has 1 heterocycles. The number of rotatable bonds is 5. The molecule has 1 N–H and O–H groups in total. The van der Waals surface area contributed by atoms with Crippen molar-refractivity contribution in [3.8, 4) is 0 Å². The Bertz CT molecular complexity index is 251. The molecule has 2 rings (SSSR count). The van der Waals surface area contributed by atoms with Crippen LogP contribution in [0.15, 0.2) is 0 Å². The summed E-state index contributed by atoms with van der Waals surface area (Å²) in [6.45, 7) is 8.51. The van der Waals surface area contributed by atoms with Crippen LogP contribution in [0.2, 0.25) is 0 Å². The van der Waals surface area contributed by atoms with E-state index in [1.807, 2.05) is 11.8 Å². The summed E-state index contributed by atoms with van der Waals surface area (Å²) in [6.07, 6.45) is 9.53. The van der Waals surface area contributed by atoms with Crippen molar-refractivity contribution in [2.24, 2.45) is 11.8 Å². The van der Waals surface area contributed by atoms with Crippen molar-refractivity contribution in [1.82, 2.24) is 10.2 Å². The van der Waals surface area contributed by atoms with Crippen molar-refractivity contribution >= 4 is 11.8 Å². The molecule has 0 spiro atoms. The molecule has 2 fully saturated rings. The van der Waals surface area contributed by atoms with Gasteiger partial charge in [0.1, 0.15) is 0 Å². The van der Waals surface area contributed by atoms with Crippen LogP contribution in [0.4, 0.5) is 0 Å². The lowest BCUT2D eigenvalue weighted by Crippen LogP contribution is -2.60. The number of hydrogen-bond donors (Lipinski definition) is 1. The van der Waals surface area contributed by atoms with Gasteiger partial charge in [-0.15, -0.1) is 0 Å². The van der Waals surface area contributed by atoms with E-state index in [1.165, 1.54) is 57.5 Å². The first-order valence-electron chi connectivity index (χ1n) is 8.18. The summed E-state index contributed by atoms with van der Waals surface area (Å²) in [5, 5.41) is 3.88. The molecule has 2 nitrogen and oxygen atoms in total. The van der Waals surface area contributed by atoms with E-state index in [1.54, 1.807) is 0 Å². The Hall–Kier alpha value is 0.270. The van der Waals surface area contributed by atoms with Gasteiger partial charge in [-0.05, 0) is 30.9 Å². The van der Waals surface area contributed by atoms with Crippen LogP contribution >= 0.6 is 11.8 Å². The predicted molar refractivity (Wildman–Crippen MR) is 86.9 cm³/mol. The van der Waals surface area contributed by atoms with Gasteiger partial charge in [-0.25, -0.2) is 0 Å². The zero-order valence-electron chi connectivity index (χ0n) is 13.0. The summed E-state index contributed by atoms with van der Waals surface area (Å²) in [5.41, 5.74) is 0. The average molecular weight is 285 g/mol. The fourth-order valence-corrected chi connectivity index (χ4v) is 4.25. The first kappa shape index (κ1) is 15.7. The van der Waals surface area contributed by atoms with E-state index in [0.717, 1.165) is 23.9 Å². The average Bonchev–Trinajstić information content (AvgIpc) is 2.45. The number of hydrogen-bond acceptors (Lipinski definition) is 3. The normalized spacial score (nSPS) is 30.9. The van der Waals surface area contributed by atoms with Crippen LogP contribution in [-0.4, -0.2) is 48.6 Å². The molecular formula is C16H32N2S. The van der Waals surface area contributed by atoms with Crippen LogP contribution in [0.1, 0.15) is 46.0 Å². The smallest absolute Gasteiger partial charge is 0.0244 e. The zero-order valence-corrected chi connectivity index (χ0v) is 13.8. The highest BCUT2D eigenvalue weighted by molar-refractivity contribution is 7.98. The van der Waals surface area contributed by atoms with Gasteiger partial charge in [0, 0.05) is 37.5 Å². The van der Waals surface area contributed by atoms with Gasteiger partial charge in [0.15, 0.2) is 0 Å². The van der Waals surface area contributed by atoms with E-state index in [2.05, 4.69) is 30.3 Å². The van der Waals surface area contributed by atoms with Gasteiger partial charge in [0.2, 0.25) is 0 Å². The minimum absolute atomic E-state index is 0.743. The highest BCUT2D eigenvalue weighted by Crippen LogP contribution is 2.29. The van der Waals surface area contributed by atoms with Gasteiger partial charge in [0.05, 0.1) is 0 Å². The van der Waals surface area contributed by atoms with Gasteiger partial charge in [-0.2, -0.15) is 11.8 Å². The highest BCUT2D eigenvalue weighted by atomic mass is 32.2. The van der Waals surface area contributed by atoms with E-state index < -0.39 is 0 Å². The van der Waals surface area contributed by atoms with E-state index in [9.17, 15) is 0 Å². The van der Waals surface area contributed by atoms with Crippen LogP contribution in [0, 0.1) is 11.8 Å². The second kappa shape index (κ2) is 7.90. The van der Waals surface area contributed by atoms with Crippen molar-refractivity contribution < 1.29 is 0 Å². The van der Waals surface area contributed by atoms with E-state index in [4.69, 9.17) is 0 Å². The summed E-state index contributed by atoms with van der Waals surface area (Å²) in [5.74, 6) is 2.99. The Morgan fingerprint density at radius 3 is 2.58 bits per heavy atom. The Morgan fingerprint density at radius 1 is 1.21 bits per heavy atom. The Kier molecular flexibility index (Phi) is 6.51. The van der Waals surface area contributed by atoms with Crippen LogP contribution in [0.3, 0.4) is 0 Å². The Morgan fingerprint density at radius 2 is 1.95 bits per heavy atom. The third-order valence-electron chi connectivity index (χ3n) is 5.06.